The minimum atomic E-state index is -0.714. The Labute approximate surface area is 114 Å². The van der Waals surface area contributed by atoms with E-state index in [0.717, 1.165) is 18.7 Å². The Morgan fingerprint density at radius 3 is 2.42 bits per heavy atom. The highest BCUT2D eigenvalue weighted by atomic mass is 16.1. The molecule has 0 saturated carbocycles. The van der Waals surface area contributed by atoms with Crippen molar-refractivity contribution in [1.29, 1.82) is 5.26 Å². The molecule has 1 heterocycles. The number of likely N-dealkylation sites (tertiary alicyclic amines) is 1. The summed E-state index contributed by atoms with van der Waals surface area (Å²) < 4.78 is 0. The van der Waals surface area contributed by atoms with E-state index in [4.69, 9.17) is 0 Å². The van der Waals surface area contributed by atoms with Crippen LogP contribution in [0.1, 0.15) is 28.8 Å². The minimum absolute atomic E-state index is 0.161. The predicted octanol–water partition coefficient (Wildman–Crippen LogP) is 1.71. The molecule has 2 rings (SSSR count). The molecular weight excluding hydrogens is 238 g/mol. The lowest BCUT2D eigenvalue weighted by Crippen LogP contribution is -2.53. The summed E-state index contributed by atoms with van der Waals surface area (Å²) in [4.78, 5) is 14.4. The van der Waals surface area contributed by atoms with Crippen molar-refractivity contribution in [3.8, 4) is 6.07 Å². The fourth-order valence-electron chi connectivity index (χ4n) is 2.26. The molecule has 100 valence electrons. The van der Waals surface area contributed by atoms with E-state index in [1.165, 1.54) is 0 Å². The van der Waals surface area contributed by atoms with E-state index in [0.29, 0.717) is 18.4 Å². The van der Waals surface area contributed by atoms with Crippen molar-refractivity contribution >= 4 is 5.91 Å². The zero-order valence-corrected chi connectivity index (χ0v) is 11.4. The fraction of sp³-hybridized carbons (Fsp3) is 0.467. The van der Waals surface area contributed by atoms with Gasteiger partial charge in [-0.05, 0) is 38.9 Å². The van der Waals surface area contributed by atoms with Crippen LogP contribution in [-0.2, 0) is 0 Å². The average Bonchev–Trinajstić information content (AvgIpc) is 2.42. The zero-order chi connectivity index (χ0) is 13.9. The highest BCUT2D eigenvalue weighted by Gasteiger charge is 2.35. The van der Waals surface area contributed by atoms with Crippen LogP contribution in [0.15, 0.2) is 24.3 Å². The standard InChI is InChI=1S/C15H19N3O/c1-12-3-5-13(6-4-12)14(19)17-15(11-16)7-9-18(2)10-8-15/h3-6H,7-10H2,1-2H3,(H,17,19). The van der Waals surface area contributed by atoms with E-state index in [9.17, 15) is 10.1 Å². The Hall–Kier alpha value is -1.86. The van der Waals surface area contributed by atoms with Gasteiger partial charge < -0.3 is 10.2 Å². The van der Waals surface area contributed by atoms with Gasteiger partial charge in [0.1, 0.15) is 5.54 Å². The van der Waals surface area contributed by atoms with Crippen molar-refractivity contribution < 1.29 is 4.79 Å². The van der Waals surface area contributed by atoms with Gasteiger partial charge in [0.15, 0.2) is 0 Å². The Balaban J connectivity index is 2.09. The summed E-state index contributed by atoms with van der Waals surface area (Å²) >= 11 is 0. The summed E-state index contributed by atoms with van der Waals surface area (Å²) in [7, 11) is 2.03. The summed E-state index contributed by atoms with van der Waals surface area (Å²) in [5.74, 6) is -0.161. The van der Waals surface area contributed by atoms with Gasteiger partial charge in [-0.3, -0.25) is 4.79 Å². The second kappa shape index (κ2) is 5.41. The molecule has 4 heteroatoms. The lowest BCUT2D eigenvalue weighted by atomic mass is 9.89. The molecule has 0 bridgehead atoms. The highest BCUT2D eigenvalue weighted by Crippen LogP contribution is 2.21. The van der Waals surface area contributed by atoms with E-state index >= 15 is 0 Å². The van der Waals surface area contributed by atoms with Crippen molar-refractivity contribution in [2.24, 2.45) is 0 Å². The van der Waals surface area contributed by atoms with Crippen LogP contribution >= 0.6 is 0 Å². The van der Waals surface area contributed by atoms with Crippen molar-refractivity contribution in [1.82, 2.24) is 10.2 Å². The Kier molecular flexibility index (Phi) is 3.87. The fourth-order valence-corrected chi connectivity index (χ4v) is 2.26. The number of nitriles is 1. The van der Waals surface area contributed by atoms with E-state index in [-0.39, 0.29) is 5.91 Å². The van der Waals surface area contributed by atoms with Gasteiger partial charge in [0.2, 0.25) is 0 Å². The molecular formula is C15H19N3O. The molecule has 0 unspecified atom stereocenters. The summed E-state index contributed by atoms with van der Waals surface area (Å²) in [6.07, 6.45) is 1.36. The number of carbonyl (C=O) groups excluding carboxylic acids is 1. The molecule has 0 spiro atoms. The van der Waals surface area contributed by atoms with E-state index in [2.05, 4.69) is 16.3 Å². The molecule has 1 aromatic rings. The molecule has 1 aliphatic heterocycles. The second-order valence-electron chi connectivity index (χ2n) is 5.32. The molecule has 1 fully saturated rings. The van der Waals surface area contributed by atoms with Crippen molar-refractivity contribution in [3.05, 3.63) is 35.4 Å². The summed E-state index contributed by atoms with van der Waals surface area (Å²) in [6.45, 7) is 3.65. The third kappa shape index (κ3) is 3.12. The third-order valence-corrected chi connectivity index (χ3v) is 3.72. The lowest BCUT2D eigenvalue weighted by molar-refractivity contribution is 0.0882. The number of carbonyl (C=O) groups is 1. The lowest BCUT2D eigenvalue weighted by Gasteiger charge is -2.36. The Morgan fingerprint density at radius 1 is 1.32 bits per heavy atom. The normalized spacial score (nSPS) is 18.6. The smallest absolute Gasteiger partial charge is 0.252 e. The van der Waals surface area contributed by atoms with Crippen LogP contribution in [0, 0.1) is 18.3 Å². The first kappa shape index (κ1) is 13.6. The number of amides is 1. The van der Waals surface area contributed by atoms with E-state index < -0.39 is 5.54 Å². The number of piperidine rings is 1. The number of benzene rings is 1. The minimum Gasteiger partial charge on any atom is -0.334 e. The van der Waals surface area contributed by atoms with Crippen LogP contribution in [-0.4, -0.2) is 36.5 Å². The van der Waals surface area contributed by atoms with Crippen LogP contribution < -0.4 is 5.32 Å². The van der Waals surface area contributed by atoms with Crippen LogP contribution in [0.2, 0.25) is 0 Å². The number of aryl methyl sites for hydroxylation is 1. The Bertz CT molecular complexity index is 493. The molecule has 0 aromatic heterocycles. The van der Waals surface area contributed by atoms with Crippen molar-refractivity contribution in [2.75, 3.05) is 20.1 Å². The van der Waals surface area contributed by atoms with Gasteiger partial charge in [0.25, 0.3) is 5.91 Å². The first-order valence-electron chi connectivity index (χ1n) is 6.54. The number of hydrogen-bond donors (Lipinski definition) is 1. The second-order valence-corrected chi connectivity index (χ2v) is 5.32. The number of nitrogens with zero attached hydrogens (tertiary/aromatic N) is 2. The Morgan fingerprint density at radius 2 is 1.89 bits per heavy atom. The topological polar surface area (TPSA) is 56.1 Å². The number of rotatable bonds is 2. The van der Waals surface area contributed by atoms with Gasteiger partial charge >= 0.3 is 0 Å². The maximum Gasteiger partial charge on any atom is 0.252 e. The van der Waals surface area contributed by atoms with Crippen molar-refractivity contribution in [3.63, 3.8) is 0 Å². The summed E-state index contributed by atoms with van der Waals surface area (Å²) in [5, 5.41) is 12.3. The van der Waals surface area contributed by atoms with Gasteiger partial charge in [0.05, 0.1) is 6.07 Å². The third-order valence-electron chi connectivity index (χ3n) is 3.72. The molecule has 0 aliphatic carbocycles. The summed E-state index contributed by atoms with van der Waals surface area (Å²) in [5.41, 5.74) is 1.01. The molecule has 1 aromatic carbocycles. The first-order valence-corrected chi connectivity index (χ1v) is 6.54. The van der Waals surface area contributed by atoms with Gasteiger partial charge in [-0.1, -0.05) is 17.7 Å². The molecule has 19 heavy (non-hydrogen) atoms. The SMILES string of the molecule is Cc1ccc(C(=O)NC2(C#N)CCN(C)CC2)cc1. The van der Waals surface area contributed by atoms with Crippen LogP contribution in [0.25, 0.3) is 0 Å². The predicted molar refractivity (Wildman–Crippen MR) is 73.7 cm³/mol. The molecule has 1 amide bonds. The maximum atomic E-state index is 12.2. The van der Waals surface area contributed by atoms with Crippen molar-refractivity contribution in [2.45, 2.75) is 25.3 Å². The highest BCUT2D eigenvalue weighted by molar-refractivity contribution is 5.95. The van der Waals surface area contributed by atoms with Gasteiger partial charge in [-0.25, -0.2) is 0 Å². The molecule has 0 atom stereocenters. The van der Waals surface area contributed by atoms with Gasteiger partial charge in [-0.15, -0.1) is 0 Å². The molecule has 0 radical (unpaired) electrons. The number of nitrogens with one attached hydrogen (secondary N) is 1. The number of hydrogen-bond acceptors (Lipinski definition) is 3. The zero-order valence-electron chi connectivity index (χ0n) is 11.4. The average molecular weight is 257 g/mol. The largest absolute Gasteiger partial charge is 0.334 e. The first-order chi connectivity index (χ1) is 9.04. The monoisotopic (exact) mass is 257 g/mol. The van der Waals surface area contributed by atoms with Gasteiger partial charge in [0, 0.05) is 18.7 Å². The van der Waals surface area contributed by atoms with Gasteiger partial charge in [-0.2, -0.15) is 5.26 Å². The molecule has 1 saturated heterocycles. The summed E-state index contributed by atoms with van der Waals surface area (Å²) in [6, 6.07) is 9.69. The van der Waals surface area contributed by atoms with Crippen LogP contribution in [0.4, 0.5) is 0 Å². The molecule has 4 nitrogen and oxygen atoms in total. The van der Waals surface area contributed by atoms with E-state index in [1.807, 2.05) is 26.1 Å². The molecule has 1 aliphatic rings. The quantitative estimate of drug-likeness (QED) is 0.877. The maximum absolute atomic E-state index is 12.2. The van der Waals surface area contributed by atoms with E-state index in [1.54, 1.807) is 12.1 Å². The molecule has 1 N–H and O–H groups in total. The van der Waals surface area contributed by atoms with Crippen LogP contribution in [0.5, 0.6) is 0 Å². The van der Waals surface area contributed by atoms with Crippen LogP contribution in [0.3, 0.4) is 0 Å².